The van der Waals surface area contributed by atoms with E-state index in [1.54, 1.807) is 0 Å². The number of anilines is 1. The van der Waals surface area contributed by atoms with Crippen molar-refractivity contribution in [1.82, 2.24) is 14.9 Å². The molecule has 5 nitrogen and oxygen atoms in total. The summed E-state index contributed by atoms with van der Waals surface area (Å²) in [5.74, 6) is 1.16. The highest BCUT2D eigenvalue weighted by Crippen LogP contribution is 2.19. The van der Waals surface area contributed by atoms with Gasteiger partial charge >= 0.3 is 0 Å². The monoisotopic (exact) mass is 284 g/mol. The van der Waals surface area contributed by atoms with E-state index in [1.807, 2.05) is 43.1 Å². The SMILES string of the molecule is Cc1nc2ccccc2nc1N(C)CCN1CCCC1=O. The van der Waals surface area contributed by atoms with Crippen LogP contribution in [0, 0.1) is 6.92 Å². The van der Waals surface area contributed by atoms with E-state index in [1.165, 1.54) is 0 Å². The first-order chi connectivity index (χ1) is 10.1. The van der Waals surface area contributed by atoms with Gasteiger partial charge in [0, 0.05) is 33.1 Å². The minimum atomic E-state index is 0.268. The number of hydrogen-bond acceptors (Lipinski definition) is 4. The Morgan fingerprint density at radius 3 is 2.62 bits per heavy atom. The topological polar surface area (TPSA) is 49.3 Å². The summed E-state index contributed by atoms with van der Waals surface area (Å²) in [6.45, 7) is 4.39. The molecule has 2 aromatic rings. The van der Waals surface area contributed by atoms with Crippen LogP contribution in [0.15, 0.2) is 24.3 Å². The van der Waals surface area contributed by atoms with Crippen LogP contribution in [0.5, 0.6) is 0 Å². The Morgan fingerprint density at radius 1 is 1.24 bits per heavy atom. The zero-order valence-corrected chi connectivity index (χ0v) is 12.5. The molecule has 1 aliphatic rings. The maximum Gasteiger partial charge on any atom is 0.222 e. The largest absolute Gasteiger partial charge is 0.356 e. The van der Waals surface area contributed by atoms with Gasteiger partial charge in [0.15, 0.2) is 5.82 Å². The third-order valence-electron chi connectivity index (χ3n) is 3.96. The minimum Gasteiger partial charge on any atom is -0.356 e. The number of aryl methyl sites for hydroxylation is 1. The average molecular weight is 284 g/mol. The standard InChI is InChI=1S/C16H20N4O/c1-12-16(18-14-7-4-3-6-13(14)17-12)19(2)10-11-20-9-5-8-15(20)21/h3-4,6-7H,5,8-11H2,1-2H3. The Bertz CT molecular complexity index is 670. The lowest BCUT2D eigenvalue weighted by molar-refractivity contribution is -0.127. The molecule has 21 heavy (non-hydrogen) atoms. The van der Waals surface area contributed by atoms with Gasteiger partial charge in [-0.3, -0.25) is 4.79 Å². The molecule has 0 aliphatic carbocycles. The number of rotatable bonds is 4. The number of aromatic nitrogens is 2. The first kappa shape index (κ1) is 13.8. The van der Waals surface area contributed by atoms with Gasteiger partial charge in [-0.1, -0.05) is 12.1 Å². The van der Waals surface area contributed by atoms with E-state index in [4.69, 9.17) is 4.98 Å². The summed E-state index contributed by atoms with van der Waals surface area (Å²) in [6.07, 6.45) is 1.68. The fraction of sp³-hybridized carbons (Fsp3) is 0.438. The Hall–Kier alpha value is -2.17. The van der Waals surface area contributed by atoms with E-state index in [0.717, 1.165) is 48.6 Å². The molecule has 1 aromatic heterocycles. The number of benzene rings is 1. The molecule has 1 saturated heterocycles. The summed E-state index contributed by atoms with van der Waals surface area (Å²) in [6, 6.07) is 7.89. The van der Waals surface area contributed by atoms with Gasteiger partial charge in [-0.05, 0) is 25.5 Å². The normalized spacial score (nSPS) is 15.0. The lowest BCUT2D eigenvalue weighted by atomic mass is 10.3. The van der Waals surface area contributed by atoms with Crippen molar-refractivity contribution in [3.05, 3.63) is 30.0 Å². The molecule has 0 spiro atoms. The summed E-state index contributed by atoms with van der Waals surface area (Å²) in [4.78, 5) is 25.0. The van der Waals surface area contributed by atoms with Crippen LogP contribution in [0.1, 0.15) is 18.5 Å². The maximum atomic E-state index is 11.6. The van der Waals surface area contributed by atoms with Gasteiger partial charge < -0.3 is 9.80 Å². The Kier molecular flexibility index (Phi) is 3.73. The van der Waals surface area contributed by atoms with E-state index >= 15 is 0 Å². The van der Waals surface area contributed by atoms with E-state index < -0.39 is 0 Å². The Morgan fingerprint density at radius 2 is 1.95 bits per heavy atom. The highest BCUT2D eigenvalue weighted by atomic mass is 16.2. The van der Waals surface area contributed by atoms with Gasteiger partial charge in [0.05, 0.1) is 16.7 Å². The molecule has 1 aromatic carbocycles. The molecule has 0 atom stereocenters. The Labute approximate surface area is 124 Å². The van der Waals surface area contributed by atoms with Gasteiger partial charge in [-0.25, -0.2) is 9.97 Å². The van der Waals surface area contributed by atoms with Gasteiger partial charge in [-0.2, -0.15) is 0 Å². The number of nitrogens with zero attached hydrogens (tertiary/aromatic N) is 4. The van der Waals surface area contributed by atoms with E-state index in [9.17, 15) is 4.79 Å². The van der Waals surface area contributed by atoms with Gasteiger partial charge in [0.25, 0.3) is 0 Å². The molecule has 1 aliphatic heterocycles. The predicted molar refractivity (Wildman–Crippen MR) is 83.4 cm³/mol. The van der Waals surface area contributed by atoms with Crippen molar-refractivity contribution in [2.75, 3.05) is 31.6 Å². The summed E-state index contributed by atoms with van der Waals surface area (Å²) >= 11 is 0. The van der Waals surface area contributed by atoms with Gasteiger partial charge in [0.2, 0.25) is 5.91 Å². The zero-order chi connectivity index (χ0) is 14.8. The first-order valence-electron chi connectivity index (χ1n) is 7.37. The quantitative estimate of drug-likeness (QED) is 0.861. The summed E-state index contributed by atoms with van der Waals surface area (Å²) in [7, 11) is 2.01. The second-order valence-corrected chi connectivity index (χ2v) is 5.53. The molecule has 1 fully saturated rings. The number of carbonyl (C=O) groups excluding carboxylic acids is 1. The second kappa shape index (κ2) is 5.68. The first-order valence-corrected chi connectivity index (χ1v) is 7.37. The highest BCUT2D eigenvalue weighted by Gasteiger charge is 2.20. The molecule has 0 bridgehead atoms. The number of carbonyl (C=O) groups is 1. The third kappa shape index (κ3) is 2.82. The molecule has 0 radical (unpaired) electrons. The van der Waals surface area contributed by atoms with Crippen molar-refractivity contribution in [1.29, 1.82) is 0 Å². The molecule has 5 heteroatoms. The summed E-state index contributed by atoms with van der Waals surface area (Å²) in [5, 5.41) is 0. The van der Waals surface area contributed by atoms with Gasteiger partial charge in [-0.15, -0.1) is 0 Å². The van der Waals surface area contributed by atoms with E-state index in [2.05, 4.69) is 9.88 Å². The maximum absolute atomic E-state index is 11.6. The fourth-order valence-corrected chi connectivity index (χ4v) is 2.76. The van der Waals surface area contributed by atoms with Crippen molar-refractivity contribution in [2.45, 2.75) is 19.8 Å². The van der Waals surface area contributed by atoms with E-state index in [0.29, 0.717) is 6.42 Å². The highest BCUT2D eigenvalue weighted by molar-refractivity contribution is 5.78. The number of amides is 1. The average Bonchev–Trinajstić information content (AvgIpc) is 2.89. The Balaban J connectivity index is 1.76. The van der Waals surface area contributed by atoms with Crippen molar-refractivity contribution < 1.29 is 4.79 Å². The minimum absolute atomic E-state index is 0.268. The third-order valence-corrected chi connectivity index (χ3v) is 3.96. The molecule has 0 saturated carbocycles. The molecular formula is C16H20N4O. The smallest absolute Gasteiger partial charge is 0.222 e. The van der Waals surface area contributed by atoms with Crippen LogP contribution in [0.4, 0.5) is 5.82 Å². The molecular weight excluding hydrogens is 264 g/mol. The van der Waals surface area contributed by atoms with Crippen molar-refractivity contribution in [2.24, 2.45) is 0 Å². The molecule has 0 unspecified atom stereocenters. The van der Waals surface area contributed by atoms with Crippen LogP contribution in [-0.2, 0) is 4.79 Å². The lowest BCUT2D eigenvalue weighted by Gasteiger charge is -2.23. The fourth-order valence-electron chi connectivity index (χ4n) is 2.76. The number of para-hydroxylation sites is 2. The van der Waals surface area contributed by atoms with Crippen LogP contribution in [0.3, 0.4) is 0 Å². The van der Waals surface area contributed by atoms with Crippen molar-refractivity contribution >= 4 is 22.8 Å². The molecule has 2 heterocycles. The van der Waals surface area contributed by atoms with E-state index in [-0.39, 0.29) is 5.91 Å². The molecule has 1 amide bonds. The van der Waals surface area contributed by atoms with Crippen molar-refractivity contribution in [3.63, 3.8) is 0 Å². The lowest BCUT2D eigenvalue weighted by Crippen LogP contribution is -2.34. The number of likely N-dealkylation sites (tertiary alicyclic amines) is 1. The van der Waals surface area contributed by atoms with Crippen molar-refractivity contribution in [3.8, 4) is 0 Å². The molecule has 0 N–H and O–H groups in total. The number of fused-ring (bicyclic) bond motifs is 1. The second-order valence-electron chi connectivity index (χ2n) is 5.53. The zero-order valence-electron chi connectivity index (χ0n) is 12.5. The predicted octanol–water partition coefficient (Wildman–Crippen LogP) is 2.00. The van der Waals surface area contributed by atoms with Crippen LogP contribution < -0.4 is 4.90 Å². The van der Waals surface area contributed by atoms with Crippen LogP contribution in [0.2, 0.25) is 0 Å². The number of likely N-dealkylation sites (N-methyl/N-ethyl adjacent to an activating group) is 1. The molecule has 3 rings (SSSR count). The van der Waals surface area contributed by atoms with Crippen LogP contribution in [-0.4, -0.2) is 47.5 Å². The summed E-state index contributed by atoms with van der Waals surface area (Å²) < 4.78 is 0. The molecule has 110 valence electrons. The van der Waals surface area contributed by atoms with Gasteiger partial charge in [0.1, 0.15) is 0 Å². The number of hydrogen-bond donors (Lipinski definition) is 0. The van der Waals surface area contributed by atoms with Crippen LogP contribution >= 0.6 is 0 Å². The summed E-state index contributed by atoms with van der Waals surface area (Å²) in [5.41, 5.74) is 2.74. The van der Waals surface area contributed by atoms with Crippen LogP contribution in [0.25, 0.3) is 11.0 Å².